The van der Waals surface area contributed by atoms with E-state index in [0.29, 0.717) is 13.2 Å². The molecule has 0 spiro atoms. The number of nitrogens with one attached hydrogen (secondary N) is 2. The largest absolute Gasteiger partial charge is 0.491 e. The Kier molecular flexibility index (Phi) is 12.1. The first-order chi connectivity index (χ1) is 9.80. The van der Waals surface area contributed by atoms with Crippen LogP contribution in [0.4, 0.5) is 0 Å². The second-order valence-electron chi connectivity index (χ2n) is 4.34. The van der Waals surface area contributed by atoms with Gasteiger partial charge in [0, 0.05) is 27.2 Å². The zero-order chi connectivity index (χ0) is 14.6. The van der Waals surface area contributed by atoms with Gasteiger partial charge in [0.15, 0.2) is 5.96 Å². The number of guanidine groups is 1. The predicted molar refractivity (Wildman–Crippen MR) is 97.7 cm³/mol. The number of hydrogen-bond donors (Lipinski definition) is 2. The molecule has 0 aromatic heterocycles. The maximum absolute atomic E-state index is 5.52. The molecule has 1 aromatic carbocycles. The smallest absolute Gasteiger partial charge is 0.191 e. The molecule has 21 heavy (non-hydrogen) atoms. The van der Waals surface area contributed by atoms with E-state index in [4.69, 9.17) is 9.47 Å². The van der Waals surface area contributed by atoms with E-state index in [1.165, 1.54) is 5.56 Å². The molecular formula is C15H26IN3O2. The predicted octanol–water partition coefficient (Wildman–Crippen LogP) is 2.40. The summed E-state index contributed by atoms with van der Waals surface area (Å²) in [6.45, 7) is 4.96. The molecule has 0 atom stereocenters. The highest BCUT2D eigenvalue weighted by atomic mass is 127. The molecule has 0 unspecified atom stereocenters. The summed E-state index contributed by atoms with van der Waals surface area (Å²) in [6.07, 6.45) is 1.08. The lowest BCUT2D eigenvalue weighted by Crippen LogP contribution is -2.37. The summed E-state index contributed by atoms with van der Waals surface area (Å²) in [4.78, 5) is 4.16. The van der Waals surface area contributed by atoms with Gasteiger partial charge in [0.1, 0.15) is 12.4 Å². The van der Waals surface area contributed by atoms with Gasteiger partial charge < -0.3 is 20.1 Å². The first kappa shape index (κ1) is 20.0. The van der Waals surface area contributed by atoms with E-state index in [9.17, 15) is 0 Å². The fourth-order valence-corrected chi connectivity index (χ4v) is 1.60. The third-order valence-electron chi connectivity index (χ3n) is 2.71. The molecule has 0 radical (unpaired) electrons. The summed E-state index contributed by atoms with van der Waals surface area (Å²) < 4.78 is 10.5. The third-order valence-corrected chi connectivity index (χ3v) is 2.71. The molecule has 0 heterocycles. The second-order valence-corrected chi connectivity index (χ2v) is 4.34. The van der Waals surface area contributed by atoms with E-state index in [0.717, 1.165) is 31.2 Å². The maximum Gasteiger partial charge on any atom is 0.191 e. The van der Waals surface area contributed by atoms with Crippen LogP contribution in [0.15, 0.2) is 29.3 Å². The van der Waals surface area contributed by atoms with Gasteiger partial charge in [0.2, 0.25) is 0 Å². The summed E-state index contributed by atoms with van der Waals surface area (Å²) >= 11 is 0. The Labute approximate surface area is 144 Å². The number of nitrogens with zero attached hydrogens (tertiary/aromatic N) is 1. The van der Waals surface area contributed by atoms with Gasteiger partial charge in [-0.3, -0.25) is 4.99 Å². The van der Waals surface area contributed by atoms with Gasteiger partial charge >= 0.3 is 0 Å². The van der Waals surface area contributed by atoms with Gasteiger partial charge in [-0.15, -0.1) is 24.0 Å². The number of aliphatic imine (C=N–C) groups is 1. The number of ether oxygens (including phenoxy) is 2. The molecule has 0 fully saturated rings. The lowest BCUT2D eigenvalue weighted by atomic mass is 10.2. The van der Waals surface area contributed by atoms with Crippen LogP contribution >= 0.6 is 24.0 Å². The minimum atomic E-state index is 0. The van der Waals surface area contributed by atoms with Crippen molar-refractivity contribution in [2.75, 3.05) is 33.9 Å². The quantitative estimate of drug-likeness (QED) is 0.301. The molecule has 0 bridgehead atoms. The maximum atomic E-state index is 5.52. The lowest BCUT2D eigenvalue weighted by Gasteiger charge is -2.11. The monoisotopic (exact) mass is 407 g/mol. The van der Waals surface area contributed by atoms with Crippen LogP contribution in [-0.2, 0) is 11.3 Å². The van der Waals surface area contributed by atoms with Crippen molar-refractivity contribution in [2.24, 2.45) is 4.99 Å². The van der Waals surface area contributed by atoms with E-state index in [1.54, 1.807) is 14.2 Å². The summed E-state index contributed by atoms with van der Waals surface area (Å²) in [5.74, 6) is 1.69. The van der Waals surface area contributed by atoms with E-state index < -0.39 is 0 Å². The highest BCUT2D eigenvalue weighted by Crippen LogP contribution is 2.11. The Morgan fingerprint density at radius 3 is 2.43 bits per heavy atom. The zero-order valence-corrected chi connectivity index (χ0v) is 15.3. The van der Waals surface area contributed by atoms with Gasteiger partial charge in [-0.1, -0.05) is 19.1 Å². The van der Waals surface area contributed by atoms with Crippen molar-refractivity contribution in [3.63, 3.8) is 0 Å². The van der Waals surface area contributed by atoms with Crippen molar-refractivity contribution in [1.29, 1.82) is 0 Å². The van der Waals surface area contributed by atoms with Gasteiger partial charge in [-0.05, 0) is 24.1 Å². The van der Waals surface area contributed by atoms with Crippen LogP contribution in [0.5, 0.6) is 5.75 Å². The van der Waals surface area contributed by atoms with Crippen LogP contribution in [0.2, 0.25) is 0 Å². The number of halogens is 1. The lowest BCUT2D eigenvalue weighted by molar-refractivity contribution is 0.146. The number of hydrogen-bond acceptors (Lipinski definition) is 3. The minimum absolute atomic E-state index is 0. The average molecular weight is 407 g/mol. The normalized spacial score (nSPS) is 10.7. The van der Waals surface area contributed by atoms with Gasteiger partial charge in [0.25, 0.3) is 0 Å². The van der Waals surface area contributed by atoms with E-state index in [1.807, 2.05) is 24.3 Å². The third kappa shape index (κ3) is 8.77. The molecule has 0 amide bonds. The van der Waals surface area contributed by atoms with E-state index in [-0.39, 0.29) is 24.0 Å². The summed E-state index contributed by atoms with van der Waals surface area (Å²) in [5, 5.41) is 6.51. The Balaban J connectivity index is 0.00000400. The fourth-order valence-electron chi connectivity index (χ4n) is 1.60. The Morgan fingerprint density at radius 1 is 1.14 bits per heavy atom. The Morgan fingerprint density at radius 2 is 1.86 bits per heavy atom. The molecule has 6 heteroatoms. The van der Waals surface area contributed by atoms with Gasteiger partial charge in [-0.25, -0.2) is 0 Å². The molecule has 1 rings (SSSR count). The van der Waals surface area contributed by atoms with Crippen molar-refractivity contribution in [1.82, 2.24) is 10.6 Å². The molecule has 0 saturated carbocycles. The molecule has 0 aliphatic rings. The SMILES string of the molecule is CCCNC(=NC)NCc1ccc(OCCOC)cc1.I. The van der Waals surface area contributed by atoms with Crippen LogP contribution in [0.1, 0.15) is 18.9 Å². The van der Waals surface area contributed by atoms with Crippen molar-refractivity contribution in [2.45, 2.75) is 19.9 Å². The van der Waals surface area contributed by atoms with E-state index >= 15 is 0 Å². The summed E-state index contributed by atoms with van der Waals surface area (Å²) in [6, 6.07) is 8.02. The van der Waals surface area contributed by atoms with Crippen molar-refractivity contribution < 1.29 is 9.47 Å². The topological polar surface area (TPSA) is 54.9 Å². The molecule has 0 saturated heterocycles. The van der Waals surface area contributed by atoms with Crippen LogP contribution in [0.3, 0.4) is 0 Å². The molecular weight excluding hydrogens is 381 g/mol. The van der Waals surface area contributed by atoms with Crippen LogP contribution in [0.25, 0.3) is 0 Å². The second kappa shape index (κ2) is 12.7. The average Bonchev–Trinajstić information content (AvgIpc) is 2.49. The van der Waals surface area contributed by atoms with Gasteiger partial charge in [0.05, 0.1) is 6.61 Å². The van der Waals surface area contributed by atoms with Crippen LogP contribution < -0.4 is 15.4 Å². The molecule has 0 aliphatic carbocycles. The molecule has 120 valence electrons. The minimum Gasteiger partial charge on any atom is -0.491 e. The Hall–Kier alpha value is -1.02. The Bertz CT molecular complexity index is 396. The van der Waals surface area contributed by atoms with E-state index in [2.05, 4.69) is 22.5 Å². The number of methoxy groups -OCH3 is 1. The molecule has 5 nitrogen and oxygen atoms in total. The van der Waals surface area contributed by atoms with Crippen molar-refractivity contribution in [3.8, 4) is 5.75 Å². The van der Waals surface area contributed by atoms with Crippen molar-refractivity contribution in [3.05, 3.63) is 29.8 Å². The van der Waals surface area contributed by atoms with Crippen LogP contribution in [-0.4, -0.2) is 39.9 Å². The molecule has 1 aromatic rings. The first-order valence-corrected chi connectivity index (χ1v) is 6.95. The number of benzene rings is 1. The fraction of sp³-hybridized carbons (Fsp3) is 0.533. The highest BCUT2D eigenvalue weighted by Gasteiger charge is 1.98. The van der Waals surface area contributed by atoms with Gasteiger partial charge in [-0.2, -0.15) is 0 Å². The first-order valence-electron chi connectivity index (χ1n) is 6.95. The van der Waals surface area contributed by atoms with Crippen LogP contribution in [0, 0.1) is 0 Å². The summed E-state index contributed by atoms with van der Waals surface area (Å²) in [5.41, 5.74) is 1.18. The molecule has 2 N–H and O–H groups in total. The standard InChI is InChI=1S/C15H25N3O2.HI/c1-4-9-17-15(16-2)18-12-13-5-7-14(8-6-13)20-11-10-19-3;/h5-8H,4,9-12H2,1-3H3,(H2,16,17,18);1H. The zero-order valence-electron chi connectivity index (χ0n) is 13.0. The highest BCUT2D eigenvalue weighted by molar-refractivity contribution is 14.0. The summed E-state index contributed by atoms with van der Waals surface area (Å²) in [7, 11) is 3.44. The van der Waals surface area contributed by atoms with Crippen molar-refractivity contribution >= 4 is 29.9 Å². The number of rotatable bonds is 8. The molecule has 0 aliphatic heterocycles.